The van der Waals surface area contributed by atoms with Gasteiger partial charge >= 0.3 is 5.97 Å². The molecule has 0 amide bonds. The predicted octanol–water partition coefficient (Wildman–Crippen LogP) is 3.89. The first-order valence-electron chi connectivity index (χ1n) is 5.88. The Bertz CT molecular complexity index is 584. The van der Waals surface area contributed by atoms with Gasteiger partial charge in [-0.2, -0.15) is 0 Å². The van der Waals surface area contributed by atoms with Crippen LogP contribution < -0.4 is 5.32 Å². The SMILES string of the molecule is Cc1ccc(Cl)c(NC(C(=O)O)c2ccccc2)c1. The van der Waals surface area contributed by atoms with Gasteiger partial charge in [0.25, 0.3) is 0 Å². The molecule has 19 heavy (non-hydrogen) atoms. The summed E-state index contributed by atoms with van der Waals surface area (Å²) in [5, 5.41) is 12.8. The number of rotatable bonds is 4. The highest BCUT2D eigenvalue weighted by Crippen LogP contribution is 2.27. The van der Waals surface area contributed by atoms with E-state index in [1.54, 1.807) is 18.2 Å². The fourth-order valence-corrected chi connectivity index (χ4v) is 2.01. The van der Waals surface area contributed by atoms with Gasteiger partial charge in [-0.25, -0.2) is 4.79 Å². The molecule has 1 unspecified atom stereocenters. The second-order valence-corrected chi connectivity index (χ2v) is 4.72. The van der Waals surface area contributed by atoms with E-state index in [1.807, 2.05) is 37.3 Å². The van der Waals surface area contributed by atoms with Crippen LogP contribution >= 0.6 is 11.6 Å². The molecule has 0 aliphatic heterocycles. The molecule has 3 nitrogen and oxygen atoms in total. The van der Waals surface area contributed by atoms with Crippen molar-refractivity contribution < 1.29 is 9.90 Å². The molecule has 0 aliphatic rings. The van der Waals surface area contributed by atoms with Gasteiger partial charge in [-0.15, -0.1) is 0 Å². The summed E-state index contributed by atoms with van der Waals surface area (Å²) in [5.41, 5.74) is 2.33. The summed E-state index contributed by atoms with van der Waals surface area (Å²) in [5.74, 6) is -0.941. The van der Waals surface area contributed by atoms with Gasteiger partial charge in [0.15, 0.2) is 6.04 Å². The minimum absolute atomic E-state index is 0.507. The number of hydrogen-bond acceptors (Lipinski definition) is 2. The summed E-state index contributed by atoms with van der Waals surface area (Å²) in [7, 11) is 0. The number of benzene rings is 2. The second-order valence-electron chi connectivity index (χ2n) is 4.31. The van der Waals surface area contributed by atoms with E-state index >= 15 is 0 Å². The van der Waals surface area contributed by atoms with Crippen LogP contribution in [0.15, 0.2) is 48.5 Å². The largest absolute Gasteiger partial charge is 0.479 e. The lowest BCUT2D eigenvalue weighted by Gasteiger charge is -2.17. The molecular formula is C15H14ClNO2. The van der Waals surface area contributed by atoms with Crippen molar-refractivity contribution in [3.8, 4) is 0 Å². The van der Waals surface area contributed by atoms with Crippen LogP contribution in [0.1, 0.15) is 17.2 Å². The van der Waals surface area contributed by atoms with E-state index in [-0.39, 0.29) is 0 Å². The maximum atomic E-state index is 11.4. The van der Waals surface area contributed by atoms with Crippen molar-refractivity contribution >= 4 is 23.3 Å². The molecule has 98 valence electrons. The lowest BCUT2D eigenvalue weighted by Crippen LogP contribution is -2.20. The maximum absolute atomic E-state index is 11.4. The van der Waals surface area contributed by atoms with Crippen LogP contribution in [0.4, 0.5) is 5.69 Å². The minimum atomic E-state index is -0.941. The lowest BCUT2D eigenvalue weighted by atomic mass is 10.1. The highest BCUT2D eigenvalue weighted by molar-refractivity contribution is 6.33. The molecule has 0 heterocycles. The quantitative estimate of drug-likeness (QED) is 0.890. The van der Waals surface area contributed by atoms with Crippen LogP contribution in [0, 0.1) is 6.92 Å². The van der Waals surface area contributed by atoms with Crippen LogP contribution in [0.3, 0.4) is 0 Å². The Balaban J connectivity index is 2.32. The first-order chi connectivity index (χ1) is 9.08. The monoisotopic (exact) mass is 275 g/mol. The Morgan fingerprint density at radius 2 is 1.89 bits per heavy atom. The second kappa shape index (κ2) is 5.76. The van der Waals surface area contributed by atoms with Gasteiger partial charge in [0.1, 0.15) is 0 Å². The summed E-state index contributed by atoms with van der Waals surface area (Å²) >= 11 is 6.08. The number of carboxylic acids is 1. The van der Waals surface area contributed by atoms with Crippen LogP contribution in [0.25, 0.3) is 0 Å². The van der Waals surface area contributed by atoms with Crippen molar-refractivity contribution in [3.63, 3.8) is 0 Å². The highest BCUT2D eigenvalue weighted by Gasteiger charge is 2.20. The zero-order chi connectivity index (χ0) is 13.8. The molecule has 1 atom stereocenters. The number of carboxylic acid groups (broad SMARTS) is 1. The molecule has 0 saturated heterocycles. The number of aliphatic carboxylic acids is 1. The van der Waals surface area contributed by atoms with Crippen molar-refractivity contribution in [2.75, 3.05) is 5.32 Å². The van der Waals surface area contributed by atoms with Gasteiger partial charge in [-0.3, -0.25) is 0 Å². The number of aryl methyl sites for hydroxylation is 1. The molecule has 0 saturated carbocycles. The molecule has 0 fully saturated rings. The van der Waals surface area contributed by atoms with E-state index in [1.165, 1.54) is 0 Å². The number of anilines is 1. The Morgan fingerprint density at radius 3 is 2.53 bits per heavy atom. The topological polar surface area (TPSA) is 49.3 Å². The molecule has 2 aromatic carbocycles. The molecule has 2 rings (SSSR count). The van der Waals surface area contributed by atoms with Crippen LogP contribution in [-0.4, -0.2) is 11.1 Å². The third-order valence-corrected chi connectivity index (χ3v) is 3.13. The highest BCUT2D eigenvalue weighted by atomic mass is 35.5. The maximum Gasteiger partial charge on any atom is 0.330 e. The first kappa shape index (κ1) is 13.4. The van der Waals surface area contributed by atoms with Crippen molar-refractivity contribution in [2.45, 2.75) is 13.0 Å². The summed E-state index contributed by atoms with van der Waals surface area (Å²) in [4.78, 5) is 11.4. The lowest BCUT2D eigenvalue weighted by molar-refractivity contribution is -0.138. The average Bonchev–Trinajstić information content (AvgIpc) is 2.40. The summed E-state index contributed by atoms with van der Waals surface area (Å²) in [6, 6.07) is 13.7. The third kappa shape index (κ3) is 3.26. The van der Waals surface area contributed by atoms with E-state index < -0.39 is 12.0 Å². The van der Waals surface area contributed by atoms with E-state index in [0.29, 0.717) is 16.3 Å². The molecule has 2 N–H and O–H groups in total. The van der Waals surface area contributed by atoms with E-state index in [2.05, 4.69) is 5.32 Å². The number of carbonyl (C=O) groups is 1. The Labute approximate surface area is 116 Å². The molecular weight excluding hydrogens is 262 g/mol. The standard InChI is InChI=1S/C15H14ClNO2/c1-10-7-8-12(16)13(9-10)17-14(15(18)19)11-5-3-2-4-6-11/h2-9,14,17H,1H3,(H,18,19). The third-order valence-electron chi connectivity index (χ3n) is 2.80. The smallest absolute Gasteiger partial charge is 0.330 e. The Hall–Kier alpha value is -2.00. The number of halogens is 1. The van der Waals surface area contributed by atoms with Crippen LogP contribution in [0.2, 0.25) is 5.02 Å². The van der Waals surface area contributed by atoms with Crippen LogP contribution in [0.5, 0.6) is 0 Å². The zero-order valence-electron chi connectivity index (χ0n) is 10.4. The molecule has 0 radical (unpaired) electrons. The summed E-state index contributed by atoms with van der Waals surface area (Å²) < 4.78 is 0. The number of nitrogens with one attached hydrogen (secondary N) is 1. The summed E-state index contributed by atoms with van der Waals surface area (Å²) in [6.45, 7) is 1.93. The van der Waals surface area contributed by atoms with E-state index in [0.717, 1.165) is 5.56 Å². The van der Waals surface area contributed by atoms with Gasteiger partial charge in [-0.05, 0) is 30.2 Å². The Morgan fingerprint density at radius 1 is 1.21 bits per heavy atom. The predicted molar refractivity (Wildman–Crippen MR) is 76.6 cm³/mol. The fraction of sp³-hybridized carbons (Fsp3) is 0.133. The minimum Gasteiger partial charge on any atom is -0.479 e. The molecule has 0 aliphatic carbocycles. The van der Waals surface area contributed by atoms with E-state index in [4.69, 9.17) is 11.6 Å². The van der Waals surface area contributed by atoms with Crippen molar-refractivity contribution in [1.29, 1.82) is 0 Å². The van der Waals surface area contributed by atoms with Gasteiger partial charge < -0.3 is 10.4 Å². The van der Waals surface area contributed by atoms with Crippen molar-refractivity contribution in [2.24, 2.45) is 0 Å². The molecule has 0 aromatic heterocycles. The normalized spacial score (nSPS) is 11.9. The van der Waals surface area contributed by atoms with Crippen molar-refractivity contribution in [3.05, 3.63) is 64.7 Å². The molecule has 2 aromatic rings. The molecule has 4 heteroatoms. The van der Waals surface area contributed by atoms with Gasteiger partial charge in [0.2, 0.25) is 0 Å². The van der Waals surface area contributed by atoms with Crippen molar-refractivity contribution in [1.82, 2.24) is 0 Å². The zero-order valence-corrected chi connectivity index (χ0v) is 11.2. The fourth-order valence-electron chi connectivity index (χ4n) is 1.84. The van der Waals surface area contributed by atoms with E-state index in [9.17, 15) is 9.90 Å². The Kier molecular flexibility index (Phi) is 4.07. The van der Waals surface area contributed by atoms with Gasteiger partial charge in [0, 0.05) is 0 Å². The average molecular weight is 276 g/mol. The first-order valence-corrected chi connectivity index (χ1v) is 6.26. The van der Waals surface area contributed by atoms with Crippen LogP contribution in [-0.2, 0) is 4.79 Å². The molecule has 0 bridgehead atoms. The summed E-state index contributed by atoms with van der Waals surface area (Å²) in [6.07, 6.45) is 0. The van der Waals surface area contributed by atoms with Gasteiger partial charge in [-0.1, -0.05) is 48.0 Å². The molecule has 0 spiro atoms. The van der Waals surface area contributed by atoms with Gasteiger partial charge in [0.05, 0.1) is 10.7 Å². The number of hydrogen-bond donors (Lipinski definition) is 2.